The normalized spacial score (nSPS) is 18.0. The summed E-state index contributed by atoms with van der Waals surface area (Å²) in [5.41, 5.74) is 2.50. The first kappa shape index (κ1) is 18.1. The van der Waals surface area contributed by atoms with Crippen LogP contribution in [0.25, 0.3) is 0 Å². The molecule has 2 atom stereocenters. The fourth-order valence-corrected chi connectivity index (χ4v) is 3.24. The van der Waals surface area contributed by atoms with E-state index in [1.165, 1.54) is 16.5 Å². The maximum atomic E-state index is 13.9. The Morgan fingerprint density at radius 3 is 2.58 bits per heavy atom. The minimum atomic E-state index is -0.473. The lowest BCUT2D eigenvalue weighted by molar-refractivity contribution is -0.126. The third-order valence-corrected chi connectivity index (χ3v) is 4.89. The van der Waals surface area contributed by atoms with Crippen LogP contribution in [-0.4, -0.2) is 18.4 Å². The van der Waals surface area contributed by atoms with E-state index in [4.69, 9.17) is 0 Å². The molecule has 1 N–H and O–H groups in total. The molecule has 0 radical (unpaired) electrons. The molecule has 1 aliphatic heterocycles. The Balaban J connectivity index is 1.65. The monoisotopic (exact) mass is 354 g/mol. The molecule has 0 aliphatic carbocycles. The van der Waals surface area contributed by atoms with Crippen LogP contribution in [0.5, 0.6) is 0 Å². The van der Waals surface area contributed by atoms with Crippen LogP contribution >= 0.6 is 0 Å². The fraction of sp³-hybridized carbons (Fsp3) is 0.333. The van der Waals surface area contributed by atoms with Crippen molar-refractivity contribution in [1.82, 2.24) is 5.32 Å². The van der Waals surface area contributed by atoms with E-state index < -0.39 is 11.7 Å². The highest BCUT2D eigenvalue weighted by molar-refractivity contribution is 6.00. The van der Waals surface area contributed by atoms with Crippen LogP contribution in [0, 0.1) is 11.7 Å². The first-order valence-electron chi connectivity index (χ1n) is 8.93. The van der Waals surface area contributed by atoms with Crippen molar-refractivity contribution in [2.24, 2.45) is 5.92 Å². The number of benzene rings is 2. The van der Waals surface area contributed by atoms with Gasteiger partial charge >= 0.3 is 0 Å². The number of nitrogens with zero attached hydrogens (tertiary/aromatic N) is 1. The van der Waals surface area contributed by atoms with Gasteiger partial charge in [-0.05, 0) is 36.6 Å². The smallest absolute Gasteiger partial charge is 0.227 e. The van der Waals surface area contributed by atoms with Crippen molar-refractivity contribution in [3.05, 3.63) is 65.5 Å². The highest BCUT2D eigenvalue weighted by Crippen LogP contribution is 2.28. The third kappa shape index (κ3) is 3.77. The number of hydrogen-bond donors (Lipinski definition) is 1. The predicted octanol–water partition coefficient (Wildman–Crippen LogP) is 3.62. The number of rotatable bonds is 5. The molecule has 0 bridgehead atoms. The molecule has 1 fully saturated rings. The van der Waals surface area contributed by atoms with Crippen molar-refractivity contribution < 1.29 is 14.0 Å². The van der Waals surface area contributed by atoms with Gasteiger partial charge in [-0.25, -0.2) is 4.39 Å². The van der Waals surface area contributed by atoms with Crippen LogP contribution < -0.4 is 10.2 Å². The maximum absolute atomic E-state index is 13.9. The number of para-hydroxylation sites is 1. The molecule has 1 heterocycles. The second-order valence-corrected chi connectivity index (χ2v) is 6.68. The molecular formula is C21H23FN2O2. The summed E-state index contributed by atoms with van der Waals surface area (Å²) in [6.07, 6.45) is 1.07. The Bertz CT molecular complexity index is 804. The van der Waals surface area contributed by atoms with Gasteiger partial charge in [0.15, 0.2) is 0 Å². The van der Waals surface area contributed by atoms with Crippen molar-refractivity contribution in [2.45, 2.75) is 32.7 Å². The van der Waals surface area contributed by atoms with Crippen molar-refractivity contribution in [1.29, 1.82) is 0 Å². The summed E-state index contributed by atoms with van der Waals surface area (Å²) in [5.74, 6) is -1.33. The van der Waals surface area contributed by atoms with Gasteiger partial charge in [0.2, 0.25) is 11.8 Å². The highest BCUT2D eigenvalue weighted by atomic mass is 19.1. The zero-order valence-electron chi connectivity index (χ0n) is 15.0. The zero-order valence-corrected chi connectivity index (χ0v) is 15.0. The zero-order chi connectivity index (χ0) is 18.7. The standard InChI is InChI=1S/C21H23FN2O2/c1-3-15-8-10-16(11-9-15)14(2)23-21(26)17-12-20(25)24(13-17)19-7-5-4-6-18(19)22/h4-11,14,17H,3,12-13H2,1-2H3,(H,23,26). The highest BCUT2D eigenvalue weighted by Gasteiger charge is 2.36. The molecular weight excluding hydrogens is 331 g/mol. The van der Waals surface area contributed by atoms with Crippen LogP contribution in [0.3, 0.4) is 0 Å². The molecule has 0 aromatic heterocycles. The second-order valence-electron chi connectivity index (χ2n) is 6.68. The number of anilines is 1. The average molecular weight is 354 g/mol. The number of carbonyl (C=O) groups is 2. The topological polar surface area (TPSA) is 49.4 Å². The van der Waals surface area contributed by atoms with Gasteiger partial charge in [-0.15, -0.1) is 0 Å². The first-order valence-corrected chi connectivity index (χ1v) is 8.93. The summed E-state index contributed by atoms with van der Waals surface area (Å²) in [6.45, 7) is 4.22. The van der Waals surface area contributed by atoms with E-state index in [0.29, 0.717) is 0 Å². The quantitative estimate of drug-likeness (QED) is 0.892. The molecule has 3 rings (SSSR count). The van der Waals surface area contributed by atoms with E-state index in [1.807, 2.05) is 19.1 Å². The molecule has 2 aromatic carbocycles. The summed E-state index contributed by atoms with van der Waals surface area (Å²) in [5, 5.41) is 2.97. The summed E-state index contributed by atoms with van der Waals surface area (Å²) in [7, 11) is 0. The summed E-state index contributed by atoms with van der Waals surface area (Å²) in [4.78, 5) is 26.2. The van der Waals surface area contributed by atoms with E-state index in [9.17, 15) is 14.0 Å². The minimum absolute atomic E-state index is 0.0989. The predicted molar refractivity (Wildman–Crippen MR) is 99.2 cm³/mol. The molecule has 4 nitrogen and oxygen atoms in total. The van der Waals surface area contributed by atoms with Crippen LogP contribution in [0.4, 0.5) is 10.1 Å². The average Bonchev–Trinajstić information content (AvgIpc) is 3.04. The molecule has 2 amide bonds. The van der Waals surface area contributed by atoms with Gasteiger partial charge in [0, 0.05) is 13.0 Å². The SMILES string of the molecule is CCc1ccc(C(C)NC(=O)C2CC(=O)N(c3ccccc3F)C2)cc1. The minimum Gasteiger partial charge on any atom is -0.349 e. The number of amides is 2. The number of carbonyl (C=O) groups excluding carboxylic acids is 2. The summed E-state index contributed by atoms with van der Waals surface area (Å²) < 4.78 is 13.9. The molecule has 2 aromatic rings. The summed E-state index contributed by atoms with van der Waals surface area (Å²) >= 11 is 0. The lowest BCUT2D eigenvalue weighted by Gasteiger charge is -2.19. The molecule has 1 aliphatic rings. The van der Waals surface area contributed by atoms with Gasteiger partial charge in [-0.1, -0.05) is 43.3 Å². The van der Waals surface area contributed by atoms with E-state index in [1.54, 1.807) is 18.2 Å². The Hall–Kier alpha value is -2.69. The number of hydrogen-bond acceptors (Lipinski definition) is 2. The van der Waals surface area contributed by atoms with Gasteiger partial charge < -0.3 is 10.2 Å². The van der Waals surface area contributed by atoms with Crippen LogP contribution in [0.1, 0.15) is 37.4 Å². The van der Waals surface area contributed by atoms with Crippen LogP contribution in [0.2, 0.25) is 0 Å². The maximum Gasteiger partial charge on any atom is 0.227 e. The molecule has 0 spiro atoms. The van der Waals surface area contributed by atoms with Gasteiger partial charge in [0.05, 0.1) is 17.6 Å². The van der Waals surface area contributed by atoms with Crippen molar-refractivity contribution >= 4 is 17.5 Å². The largest absolute Gasteiger partial charge is 0.349 e. The van der Waals surface area contributed by atoms with E-state index in [0.717, 1.165) is 12.0 Å². The lowest BCUT2D eigenvalue weighted by atomic mass is 10.0. The number of aryl methyl sites for hydroxylation is 1. The van der Waals surface area contributed by atoms with Crippen LogP contribution in [0.15, 0.2) is 48.5 Å². The lowest BCUT2D eigenvalue weighted by Crippen LogP contribution is -2.34. The Morgan fingerprint density at radius 1 is 1.23 bits per heavy atom. The molecule has 2 unspecified atom stereocenters. The van der Waals surface area contributed by atoms with Gasteiger partial charge in [-0.3, -0.25) is 9.59 Å². The molecule has 26 heavy (non-hydrogen) atoms. The number of nitrogens with one attached hydrogen (secondary N) is 1. The van der Waals surface area contributed by atoms with Gasteiger partial charge in [0.25, 0.3) is 0 Å². The number of halogens is 1. The van der Waals surface area contributed by atoms with Gasteiger partial charge in [0.1, 0.15) is 5.82 Å². The van der Waals surface area contributed by atoms with E-state index in [-0.39, 0.29) is 36.5 Å². The second kappa shape index (κ2) is 7.68. The van der Waals surface area contributed by atoms with Crippen molar-refractivity contribution in [3.8, 4) is 0 Å². The van der Waals surface area contributed by atoms with Crippen molar-refractivity contribution in [3.63, 3.8) is 0 Å². The first-order chi connectivity index (χ1) is 12.5. The van der Waals surface area contributed by atoms with E-state index >= 15 is 0 Å². The summed E-state index contributed by atoms with van der Waals surface area (Å²) in [6, 6.07) is 14.1. The third-order valence-electron chi connectivity index (χ3n) is 4.89. The Morgan fingerprint density at radius 2 is 1.92 bits per heavy atom. The van der Waals surface area contributed by atoms with E-state index in [2.05, 4.69) is 24.4 Å². The fourth-order valence-electron chi connectivity index (χ4n) is 3.24. The van der Waals surface area contributed by atoms with Gasteiger partial charge in [-0.2, -0.15) is 0 Å². The molecule has 136 valence electrons. The van der Waals surface area contributed by atoms with Crippen LogP contribution in [-0.2, 0) is 16.0 Å². The Kier molecular flexibility index (Phi) is 5.35. The van der Waals surface area contributed by atoms with Crippen molar-refractivity contribution in [2.75, 3.05) is 11.4 Å². The molecule has 1 saturated heterocycles. The molecule has 0 saturated carbocycles. The Labute approximate surface area is 153 Å². The molecule has 5 heteroatoms.